The van der Waals surface area contributed by atoms with Crippen LogP contribution in [0.5, 0.6) is 0 Å². The second-order valence-electron chi connectivity index (χ2n) is 6.43. The molecule has 2 unspecified atom stereocenters. The summed E-state index contributed by atoms with van der Waals surface area (Å²) < 4.78 is 0. The Bertz CT molecular complexity index is 559. The van der Waals surface area contributed by atoms with Crippen LogP contribution in [-0.2, 0) is 0 Å². The molecule has 3 heteroatoms. The van der Waals surface area contributed by atoms with Gasteiger partial charge in [-0.15, -0.1) is 0 Å². The molecule has 0 saturated heterocycles. The Morgan fingerprint density at radius 2 is 1.84 bits per heavy atom. The van der Waals surface area contributed by atoms with E-state index in [1.807, 2.05) is 30.3 Å². The molecule has 2 aliphatic carbocycles. The summed E-state index contributed by atoms with van der Waals surface area (Å²) in [5.74, 6) is 0.392. The second-order valence-corrected chi connectivity index (χ2v) is 6.43. The molecule has 1 N–H and O–H groups in total. The van der Waals surface area contributed by atoms with Crippen LogP contribution in [0.3, 0.4) is 0 Å². The standard InChI is InChI=1S/C16H20N2O/c1-15(2)12-9-10-16(15,3)14(18-19)13(12)17-11-7-5-4-6-8-11/h4-8,12,19H,9-10H2,1-3H3/b17-13?,18-14-. The third-order valence-electron chi connectivity index (χ3n) is 5.43. The molecule has 2 aliphatic rings. The van der Waals surface area contributed by atoms with Crippen molar-refractivity contribution in [2.75, 3.05) is 0 Å². The second kappa shape index (κ2) is 3.92. The topological polar surface area (TPSA) is 45.0 Å². The maximum atomic E-state index is 9.44. The maximum Gasteiger partial charge on any atom is 0.108 e. The minimum Gasteiger partial charge on any atom is -0.411 e. The first kappa shape index (κ1) is 12.4. The van der Waals surface area contributed by atoms with E-state index in [2.05, 4.69) is 25.9 Å². The minimum atomic E-state index is -0.0555. The summed E-state index contributed by atoms with van der Waals surface area (Å²) in [4.78, 5) is 4.76. The molecule has 3 rings (SSSR count). The van der Waals surface area contributed by atoms with Crippen LogP contribution in [0.25, 0.3) is 0 Å². The van der Waals surface area contributed by atoms with E-state index in [4.69, 9.17) is 4.99 Å². The first-order valence-corrected chi connectivity index (χ1v) is 6.87. The number of hydrogen-bond acceptors (Lipinski definition) is 3. The molecule has 2 atom stereocenters. The van der Waals surface area contributed by atoms with Crippen LogP contribution in [0, 0.1) is 16.7 Å². The molecule has 1 aromatic carbocycles. The first-order valence-electron chi connectivity index (χ1n) is 6.87. The van der Waals surface area contributed by atoms with Gasteiger partial charge in [-0.3, -0.25) is 4.99 Å². The quantitative estimate of drug-likeness (QED) is 0.598. The van der Waals surface area contributed by atoms with Gasteiger partial charge in [-0.2, -0.15) is 0 Å². The molecule has 0 amide bonds. The number of benzene rings is 1. The lowest BCUT2D eigenvalue weighted by molar-refractivity contribution is 0.201. The van der Waals surface area contributed by atoms with Crippen LogP contribution in [0.2, 0.25) is 0 Å². The lowest BCUT2D eigenvalue weighted by atomic mass is 9.70. The minimum absolute atomic E-state index is 0.0555. The summed E-state index contributed by atoms with van der Waals surface area (Å²) in [7, 11) is 0. The van der Waals surface area contributed by atoms with Gasteiger partial charge in [-0.05, 0) is 30.4 Å². The van der Waals surface area contributed by atoms with E-state index in [9.17, 15) is 5.21 Å². The van der Waals surface area contributed by atoms with Crippen molar-refractivity contribution >= 4 is 17.1 Å². The van der Waals surface area contributed by atoms with E-state index in [-0.39, 0.29) is 10.8 Å². The predicted molar refractivity (Wildman–Crippen MR) is 77.4 cm³/mol. The SMILES string of the molecule is CC12CCC(C(=Nc3ccccc3)/C1=N/O)C2(C)C. The van der Waals surface area contributed by atoms with Gasteiger partial charge in [0.2, 0.25) is 0 Å². The molecular weight excluding hydrogens is 236 g/mol. The molecule has 2 bridgehead atoms. The molecule has 1 aromatic rings. The lowest BCUT2D eigenvalue weighted by Gasteiger charge is -2.32. The van der Waals surface area contributed by atoms with Crippen molar-refractivity contribution in [3.63, 3.8) is 0 Å². The van der Waals surface area contributed by atoms with Gasteiger partial charge >= 0.3 is 0 Å². The zero-order valence-electron chi connectivity index (χ0n) is 11.7. The third kappa shape index (κ3) is 1.50. The monoisotopic (exact) mass is 256 g/mol. The number of hydrogen-bond donors (Lipinski definition) is 1. The number of para-hydroxylation sites is 1. The fraction of sp³-hybridized carbons (Fsp3) is 0.500. The third-order valence-corrected chi connectivity index (χ3v) is 5.43. The molecule has 0 spiro atoms. The highest BCUT2D eigenvalue weighted by Crippen LogP contribution is 2.63. The summed E-state index contributed by atoms with van der Waals surface area (Å²) in [6.45, 7) is 6.74. The van der Waals surface area contributed by atoms with E-state index < -0.39 is 0 Å². The summed E-state index contributed by atoms with van der Waals surface area (Å²) in [5.41, 5.74) is 2.76. The summed E-state index contributed by atoms with van der Waals surface area (Å²) in [6, 6.07) is 9.92. The first-order chi connectivity index (χ1) is 9.00. The van der Waals surface area contributed by atoms with Crippen molar-refractivity contribution < 1.29 is 5.21 Å². The highest BCUT2D eigenvalue weighted by atomic mass is 16.4. The Morgan fingerprint density at radius 1 is 1.16 bits per heavy atom. The highest BCUT2D eigenvalue weighted by Gasteiger charge is 2.63. The molecule has 2 fully saturated rings. The molecular formula is C16H20N2O. The van der Waals surface area contributed by atoms with Crippen molar-refractivity contribution in [3.05, 3.63) is 30.3 Å². The van der Waals surface area contributed by atoms with Gasteiger partial charge in [0.05, 0.1) is 11.4 Å². The van der Waals surface area contributed by atoms with Crippen molar-refractivity contribution in [2.24, 2.45) is 26.9 Å². The van der Waals surface area contributed by atoms with Crippen LogP contribution >= 0.6 is 0 Å². The van der Waals surface area contributed by atoms with Crippen LogP contribution in [-0.4, -0.2) is 16.6 Å². The van der Waals surface area contributed by atoms with Crippen molar-refractivity contribution in [2.45, 2.75) is 33.6 Å². The number of aliphatic imine (C=N–C) groups is 1. The van der Waals surface area contributed by atoms with Crippen molar-refractivity contribution in [3.8, 4) is 0 Å². The highest BCUT2D eigenvalue weighted by molar-refractivity contribution is 6.48. The molecule has 0 radical (unpaired) electrons. The van der Waals surface area contributed by atoms with E-state index in [1.54, 1.807) is 0 Å². The number of oxime groups is 1. The van der Waals surface area contributed by atoms with Gasteiger partial charge in [0.1, 0.15) is 5.71 Å². The molecule has 19 heavy (non-hydrogen) atoms. The molecule has 0 heterocycles. The zero-order valence-corrected chi connectivity index (χ0v) is 11.7. The number of rotatable bonds is 1. The largest absolute Gasteiger partial charge is 0.411 e. The maximum absolute atomic E-state index is 9.44. The van der Waals surface area contributed by atoms with E-state index in [0.717, 1.165) is 30.0 Å². The van der Waals surface area contributed by atoms with Gasteiger partial charge in [-0.25, -0.2) is 0 Å². The fourth-order valence-electron chi connectivity index (χ4n) is 3.78. The Kier molecular flexibility index (Phi) is 2.56. The Hall–Kier alpha value is -1.64. The van der Waals surface area contributed by atoms with Crippen LogP contribution in [0.4, 0.5) is 5.69 Å². The van der Waals surface area contributed by atoms with E-state index in [1.165, 1.54) is 0 Å². The van der Waals surface area contributed by atoms with Crippen molar-refractivity contribution in [1.29, 1.82) is 0 Å². The van der Waals surface area contributed by atoms with Gasteiger partial charge < -0.3 is 5.21 Å². The Balaban J connectivity index is 2.12. The average Bonchev–Trinajstić information content (AvgIpc) is 2.70. The van der Waals surface area contributed by atoms with Crippen LogP contribution in [0.15, 0.2) is 40.5 Å². The number of nitrogens with zero attached hydrogens (tertiary/aromatic N) is 2. The molecule has 0 aliphatic heterocycles. The van der Waals surface area contributed by atoms with Crippen molar-refractivity contribution in [1.82, 2.24) is 0 Å². The van der Waals surface area contributed by atoms with Crippen LogP contribution < -0.4 is 0 Å². The van der Waals surface area contributed by atoms with E-state index in [0.29, 0.717) is 5.92 Å². The Morgan fingerprint density at radius 3 is 2.47 bits per heavy atom. The molecule has 0 aromatic heterocycles. The molecule has 100 valence electrons. The zero-order chi connectivity index (χ0) is 13.7. The summed E-state index contributed by atoms with van der Waals surface area (Å²) in [6.07, 6.45) is 2.21. The fourth-order valence-corrected chi connectivity index (χ4v) is 3.78. The summed E-state index contributed by atoms with van der Waals surface area (Å²) in [5, 5.41) is 13.0. The van der Waals surface area contributed by atoms with E-state index >= 15 is 0 Å². The number of fused-ring (bicyclic) bond motifs is 2. The van der Waals surface area contributed by atoms with Crippen LogP contribution in [0.1, 0.15) is 33.6 Å². The molecule has 3 nitrogen and oxygen atoms in total. The van der Waals surface area contributed by atoms with Gasteiger partial charge in [0.15, 0.2) is 0 Å². The normalized spacial score (nSPS) is 36.3. The summed E-state index contributed by atoms with van der Waals surface area (Å²) >= 11 is 0. The average molecular weight is 256 g/mol. The smallest absolute Gasteiger partial charge is 0.108 e. The van der Waals surface area contributed by atoms with Gasteiger partial charge in [0.25, 0.3) is 0 Å². The predicted octanol–water partition coefficient (Wildman–Crippen LogP) is 4.05. The van der Waals surface area contributed by atoms with Gasteiger partial charge in [0, 0.05) is 11.3 Å². The Labute approximate surface area is 114 Å². The van der Waals surface area contributed by atoms with Gasteiger partial charge in [-0.1, -0.05) is 44.1 Å². The lowest BCUT2D eigenvalue weighted by Crippen LogP contribution is -2.33. The molecule has 2 saturated carbocycles.